The van der Waals surface area contributed by atoms with Gasteiger partial charge in [0.05, 0.1) is 6.20 Å². The second-order valence-electron chi connectivity index (χ2n) is 5.38. The van der Waals surface area contributed by atoms with Crippen LogP contribution in [0.4, 0.5) is 11.6 Å². The van der Waals surface area contributed by atoms with Crippen LogP contribution in [0.1, 0.15) is 23.0 Å². The van der Waals surface area contributed by atoms with Crippen LogP contribution in [0.3, 0.4) is 0 Å². The molecule has 0 aromatic carbocycles. The molecule has 1 amide bonds. The molecule has 0 atom stereocenters. The van der Waals surface area contributed by atoms with E-state index >= 15 is 0 Å². The number of anilines is 2. The van der Waals surface area contributed by atoms with Gasteiger partial charge in [-0.2, -0.15) is 0 Å². The van der Waals surface area contributed by atoms with Crippen molar-refractivity contribution in [2.24, 2.45) is 0 Å². The molecule has 0 unspecified atom stereocenters. The van der Waals surface area contributed by atoms with E-state index in [1.165, 1.54) is 6.20 Å². The third-order valence-corrected chi connectivity index (χ3v) is 3.88. The lowest BCUT2D eigenvalue weighted by atomic mass is 10.2. The molecular weight excluding hydrogens is 296 g/mol. The van der Waals surface area contributed by atoms with Crippen molar-refractivity contribution in [2.45, 2.75) is 13.8 Å². The number of aromatic nitrogens is 3. The van der Waals surface area contributed by atoms with E-state index < -0.39 is 0 Å². The van der Waals surface area contributed by atoms with Crippen molar-refractivity contribution in [1.29, 1.82) is 0 Å². The van der Waals surface area contributed by atoms with E-state index in [0.717, 1.165) is 31.3 Å². The summed E-state index contributed by atoms with van der Waals surface area (Å²) in [5.74, 6) is 2.13. The third-order valence-electron chi connectivity index (χ3n) is 3.88. The maximum Gasteiger partial charge on any atom is 0.259 e. The molecule has 2 aromatic rings. The van der Waals surface area contributed by atoms with E-state index in [-0.39, 0.29) is 5.91 Å². The first-order valence-electron chi connectivity index (χ1n) is 7.72. The Morgan fingerprint density at radius 3 is 2.61 bits per heavy atom. The monoisotopic (exact) mass is 316 g/mol. The molecule has 8 heteroatoms. The third kappa shape index (κ3) is 3.25. The summed E-state index contributed by atoms with van der Waals surface area (Å²) < 4.78 is 4.97. The molecule has 0 bridgehead atoms. The lowest BCUT2D eigenvalue weighted by molar-refractivity contribution is 0.0744. The zero-order valence-corrected chi connectivity index (χ0v) is 13.3. The first-order chi connectivity index (χ1) is 11.2. The molecule has 2 aromatic heterocycles. The number of rotatable bonds is 4. The first kappa shape index (κ1) is 15.3. The summed E-state index contributed by atoms with van der Waals surface area (Å²) in [5, 5.41) is 15.2. The highest BCUT2D eigenvalue weighted by molar-refractivity contribution is 5.94. The van der Waals surface area contributed by atoms with Crippen LogP contribution in [0.25, 0.3) is 0 Å². The predicted octanol–water partition coefficient (Wildman–Crippen LogP) is 1.17. The maximum atomic E-state index is 12.4. The molecule has 1 saturated heterocycles. The average molecular weight is 316 g/mol. The zero-order chi connectivity index (χ0) is 16.2. The number of piperazine rings is 1. The van der Waals surface area contributed by atoms with Crippen molar-refractivity contribution < 1.29 is 9.32 Å². The summed E-state index contributed by atoms with van der Waals surface area (Å²) in [4.78, 5) is 16.4. The molecule has 1 fully saturated rings. The topological polar surface area (TPSA) is 87.4 Å². The average Bonchev–Trinajstić information content (AvgIpc) is 3.01. The Kier molecular flexibility index (Phi) is 4.40. The van der Waals surface area contributed by atoms with Crippen molar-refractivity contribution in [3.63, 3.8) is 0 Å². The molecule has 3 rings (SSSR count). The van der Waals surface area contributed by atoms with Crippen molar-refractivity contribution in [1.82, 2.24) is 20.3 Å². The van der Waals surface area contributed by atoms with Crippen LogP contribution in [-0.2, 0) is 0 Å². The van der Waals surface area contributed by atoms with Crippen molar-refractivity contribution in [2.75, 3.05) is 42.9 Å². The van der Waals surface area contributed by atoms with E-state index in [0.29, 0.717) is 24.4 Å². The molecule has 8 nitrogen and oxygen atoms in total. The van der Waals surface area contributed by atoms with Crippen LogP contribution in [0.5, 0.6) is 0 Å². The van der Waals surface area contributed by atoms with Crippen LogP contribution in [0.15, 0.2) is 22.9 Å². The van der Waals surface area contributed by atoms with E-state index in [9.17, 15) is 4.79 Å². The number of carbonyl (C=O) groups excluding carboxylic acids is 1. The zero-order valence-electron chi connectivity index (χ0n) is 13.3. The highest BCUT2D eigenvalue weighted by atomic mass is 16.5. The minimum atomic E-state index is -0.0306. The Morgan fingerprint density at radius 1 is 1.26 bits per heavy atom. The maximum absolute atomic E-state index is 12.4. The Morgan fingerprint density at radius 2 is 2.04 bits per heavy atom. The fourth-order valence-corrected chi connectivity index (χ4v) is 2.58. The van der Waals surface area contributed by atoms with E-state index in [4.69, 9.17) is 4.52 Å². The highest BCUT2D eigenvalue weighted by Gasteiger charge is 2.25. The summed E-state index contributed by atoms with van der Waals surface area (Å²) in [6.07, 6.45) is 1.48. The summed E-state index contributed by atoms with van der Waals surface area (Å²) in [5.41, 5.74) is 0.535. The number of hydrogen-bond acceptors (Lipinski definition) is 7. The molecule has 1 aliphatic rings. The van der Waals surface area contributed by atoms with Crippen molar-refractivity contribution in [3.05, 3.63) is 29.7 Å². The van der Waals surface area contributed by atoms with Gasteiger partial charge in [-0.1, -0.05) is 5.16 Å². The second-order valence-corrected chi connectivity index (χ2v) is 5.38. The Balaban J connectivity index is 1.60. The van der Waals surface area contributed by atoms with Crippen LogP contribution >= 0.6 is 0 Å². The number of aryl methyl sites for hydroxylation is 1. The summed E-state index contributed by atoms with van der Waals surface area (Å²) in [6, 6.07) is 3.87. The van der Waals surface area contributed by atoms with Gasteiger partial charge in [0.2, 0.25) is 0 Å². The van der Waals surface area contributed by atoms with Crippen LogP contribution < -0.4 is 10.2 Å². The second kappa shape index (κ2) is 6.64. The van der Waals surface area contributed by atoms with Crippen molar-refractivity contribution in [3.8, 4) is 0 Å². The van der Waals surface area contributed by atoms with Crippen molar-refractivity contribution >= 4 is 17.5 Å². The molecule has 23 heavy (non-hydrogen) atoms. The lowest BCUT2D eigenvalue weighted by Crippen LogP contribution is -2.49. The normalized spacial score (nSPS) is 14.9. The minimum Gasteiger partial charge on any atom is -0.369 e. The Labute approximate surface area is 134 Å². The van der Waals surface area contributed by atoms with Gasteiger partial charge in [0.1, 0.15) is 17.1 Å². The van der Waals surface area contributed by atoms with E-state index in [1.807, 2.05) is 24.0 Å². The van der Waals surface area contributed by atoms with Gasteiger partial charge in [0.25, 0.3) is 5.91 Å². The quantitative estimate of drug-likeness (QED) is 0.905. The van der Waals surface area contributed by atoms with Gasteiger partial charge in [0, 0.05) is 32.7 Å². The standard InChI is InChI=1S/C15H20N6O2/c1-3-16-13-4-5-14(19-18-13)20-6-8-21(9-7-20)15(22)12-10-17-23-11(12)2/h4-5,10H,3,6-9H2,1-2H3,(H,16,18). The molecular formula is C15H20N6O2. The number of carbonyl (C=O) groups is 1. The fourth-order valence-electron chi connectivity index (χ4n) is 2.58. The van der Waals surface area contributed by atoms with Crippen LogP contribution in [0, 0.1) is 6.92 Å². The minimum absolute atomic E-state index is 0.0306. The predicted molar refractivity (Wildman–Crippen MR) is 85.6 cm³/mol. The molecule has 1 N–H and O–H groups in total. The summed E-state index contributed by atoms with van der Waals surface area (Å²) in [6.45, 7) is 7.31. The van der Waals surface area contributed by atoms with Gasteiger partial charge in [-0.15, -0.1) is 10.2 Å². The lowest BCUT2D eigenvalue weighted by Gasteiger charge is -2.35. The molecule has 122 valence electrons. The van der Waals surface area contributed by atoms with Gasteiger partial charge in [-0.25, -0.2) is 0 Å². The van der Waals surface area contributed by atoms with Crippen LogP contribution in [-0.4, -0.2) is 58.9 Å². The smallest absolute Gasteiger partial charge is 0.259 e. The summed E-state index contributed by atoms with van der Waals surface area (Å²) in [7, 11) is 0. The van der Waals surface area contributed by atoms with Gasteiger partial charge >= 0.3 is 0 Å². The number of nitrogens with one attached hydrogen (secondary N) is 1. The number of hydrogen-bond donors (Lipinski definition) is 1. The molecule has 1 aliphatic heterocycles. The molecule has 0 saturated carbocycles. The molecule has 3 heterocycles. The first-order valence-corrected chi connectivity index (χ1v) is 7.72. The van der Waals surface area contributed by atoms with Crippen LogP contribution in [0.2, 0.25) is 0 Å². The number of amides is 1. The van der Waals surface area contributed by atoms with Gasteiger partial charge in [0.15, 0.2) is 5.82 Å². The van der Waals surface area contributed by atoms with Gasteiger partial charge in [-0.05, 0) is 26.0 Å². The fraction of sp³-hybridized carbons (Fsp3) is 0.467. The molecule has 0 radical (unpaired) electrons. The van der Waals surface area contributed by atoms with Gasteiger partial charge in [-0.3, -0.25) is 4.79 Å². The van der Waals surface area contributed by atoms with E-state index in [2.05, 4.69) is 25.6 Å². The highest BCUT2D eigenvalue weighted by Crippen LogP contribution is 2.16. The molecule has 0 aliphatic carbocycles. The Bertz CT molecular complexity index is 661. The largest absolute Gasteiger partial charge is 0.369 e. The Hall–Kier alpha value is -2.64. The van der Waals surface area contributed by atoms with Gasteiger partial charge < -0.3 is 19.6 Å². The molecule has 0 spiro atoms. The van der Waals surface area contributed by atoms with E-state index in [1.54, 1.807) is 6.92 Å². The summed E-state index contributed by atoms with van der Waals surface area (Å²) >= 11 is 0. The number of nitrogens with zero attached hydrogens (tertiary/aromatic N) is 5. The SMILES string of the molecule is CCNc1ccc(N2CCN(C(=O)c3cnoc3C)CC2)nn1.